The summed E-state index contributed by atoms with van der Waals surface area (Å²) in [7, 11) is 0. The SMILES string of the molecule is Cc1cc(F)cc(C(N)c2ccc3ccccc3c2)c1. The highest BCUT2D eigenvalue weighted by Crippen LogP contribution is 2.25. The zero-order valence-electron chi connectivity index (χ0n) is 11.3. The van der Waals surface area contributed by atoms with Crippen molar-refractivity contribution in [3.63, 3.8) is 0 Å². The highest BCUT2D eigenvalue weighted by atomic mass is 19.1. The van der Waals surface area contributed by atoms with Crippen molar-refractivity contribution in [1.29, 1.82) is 0 Å². The van der Waals surface area contributed by atoms with E-state index in [1.807, 2.05) is 31.2 Å². The summed E-state index contributed by atoms with van der Waals surface area (Å²) in [6, 6.07) is 18.9. The number of benzene rings is 3. The molecular weight excluding hydrogens is 249 g/mol. The number of hydrogen-bond acceptors (Lipinski definition) is 1. The largest absolute Gasteiger partial charge is 0.320 e. The van der Waals surface area contributed by atoms with Crippen LogP contribution in [0.25, 0.3) is 10.8 Å². The summed E-state index contributed by atoms with van der Waals surface area (Å²) in [4.78, 5) is 0. The number of rotatable bonds is 2. The average Bonchev–Trinajstić information content (AvgIpc) is 2.45. The first kappa shape index (κ1) is 12.8. The van der Waals surface area contributed by atoms with Gasteiger partial charge in [0.25, 0.3) is 0 Å². The van der Waals surface area contributed by atoms with Gasteiger partial charge in [-0.05, 0) is 52.6 Å². The lowest BCUT2D eigenvalue weighted by atomic mass is 9.96. The maximum Gasteiger partial charge on any atom is 0.123 e. The minimum absolute atomic E-state index is 0.240. The third kappa shape index (κ3) is 2.43. The first-order valence-corrected chi connectivity index (χ1v) is 6.65. The fourth-order valence-electron chi connectivity index (χ4n) is 2.54. The second-order valence-electron chi connectivity index (χ2n) is 5.15. The summed E-state index contributed by atoms with van der Waals surface area (Å²) in [6.07, 6.45) is 0. The monoisotopic (exact) mass is 265 g/mol. The highest BCUT2D eigenvalue weighted by Gasteiger charge is 2.11. The molecule has 0 heterocycles. The van der Waals surface area contributed by atoms with Gasteiger partial charge in [0, 0.05) is 0 Å². The topological polar surface area (TPSA) is 26.0 Å². The summed E-state index contributed by atoms with van der Waals surface area (Å²) in [5, 5.41) is 2.33. The molecule has 0 aliphatic carbocycles. The Morgan fingerprint density at radius 1 is 0.850 bits per heavy atom. The van der Waals surface area contributed by atoms with Crippen molar-refractivity contribution in [2.24, 2.45) is 5.73 Å². The van der Waals surface area contributed by atoms with Crippen molar-refractivity contribution >= 4 is 10.8 Å². The molecule has 0 saturated carbocycles. The second kappa shape index (κ2) is 5.06. The molecule has 3 aromatic carbocycles. The van der Waals surface area contributed by atoms with Crippen LogP contribution in [-0.4, -0.2) is 0 Å². The van der Waals surface area contributed by atoms with E-state index in [9.17, 15) is 4.39 Å². The van der Waals surface area contributed by atoms with E-state index < -0.39 is 0 Å². The van der Waals surface area contributed by atoms with E-state index in [1.54, 1.807) is 0 Å². The Hall–Kier alpha value is -2.19. The number of aryl methyl sites for hydroxylation is 1. The zero-order chi connectivity index (χ0) is 14.1. The van der Waals surface area contributed by atoms with Crippen LogP contribution in [0.2, 0.25) is 0 Å². The zero-order valence-corrected chi connectivity index (χ0v) is 11.3. The molecule has 0 fully saturated rings. The number of nitrogens with two attached hydrogens (primary N) is 1. The van der Waals surface area contributed by atoms with Crippen molar-refractivity contribution in [2.75, 3.05) is 0 Å². The molecule has 0 radical (unpaired) electrons. The summed E-state index contributed by atoms with van der Waals surface area (Å²) < 4.78 is 13.5. The maximum atomic E-state index is 13.5. The average molecular weight is 265 g/mol. The summed E-state index contributed by atoms with van der Waals surface area (Å²) in [5.41, 5.74) is 8.96. The second-order valence-corrected chi connectivity index (χ2v) is 5.15. The molecule has 100 valence electrons. The molecule has 1 nitrogen and oxygen atoms in total. The van der Waals surface area contributed by atoms with Gasteiger partial charge in [-0.15, -0.1) is 0 Å². The minimum Gasteiger partial charge on any atom is -0.320 e. The molecule has 3 rings (SSSR count). The van der Waals surface area contributed by atoms with E-state index in [2.05, 4.69) is 24.3 Å². The maximum absolute atomic E-state index is 13.5. The van der Waals surface area contributed by atoms with Gasteiger partial charge >= 0.3 is 0 Å². The van der Waals surface area contributed by atoms with E-state index >= 15 is 0 Å². The van der Waals surface area contributed by atoms with Gasteiger partial charge in [0.05, 0.1) is 6.04 Å². The molecule has 1 atom stereocenters. The van der Waals surface area contributed by atoms with Gasteiger partial charge in [-0.2, -0.15) is 0 Å². The first-order chi connectivity index (χ1) is 9.63. The Morgan fingerprint density at radius 3 is 2.35 bits per heavy atom. The molecule has 0 aliphatic heterocycles. The van der Waals surface area contributed by atoms with Crippen LogP contribution in [0.1, 0.15) is 22.7 Å². The standard InChI is InChI=1S/C18H16FN/c1-12-8-16(11-17(19)9-12)18(20)15-7-6-13-4-2-3-5-14(13)10-15/h2-11,18H,20H2,1H3. The predicted molar refractivity (Wildman–Crippen MR) is 81.1 cm³/mol. The lowest BCUT2D eigenvalue weighted by molar-refractivity contribution is 0.622. The van der Waals surface area contributed by atoms with E-state index in [0.717, 1.165) is 22.1 Å². The van der Waals surface area contributed by atoms with E-state index in [4.69, 9.17) is 5.73 Å². The van der Waals surface area contributed by atoms with Crippen molar-refractivity contribution < 1.29 is 4.39 Å². The number of fused-ring (bicyclic) bond motifs is 1. The van der Waals surface area contributed by atoms with Crippen LogP contribution in [0.15, 0.2) is 60.7 Å². The molecule has 0 spiro atoms. The molecule has 0 bridgehead atoms. The van der Waals surface area contributed by atoms with Gasteiger partial charge in [0.1, 0.15) is 5.82 Å². The molecule has 0 saturated heterocycles. The van der Waals surface area contributed by atoms with Crippen molar-refractivity contribution in [3.8, 4) is 0 Å². The molecule has 0 aliphatic rings. The van der Waals surface area contributed by atoms with E-state index in [0.29, 0.717) is 0 Å². The summed E-state index contributed by atoms with van der Waals surface area (Å²) >= 11 is 0. The molecule has 0 amide bonds. The van der Waals surface area contributed by atoms with Crippen molar-refractivity contribution in [1.82, 2.24) is 0 Å². The fourth-order valence-corrected chi connectivity index (χ4v) is 2.54. The summed E-state index contributed by atoms with van der Waals surface area (Å²) in [5.74, 6) is -0.240. The third-order valence-corrected chi connectivity index (χ3v) is 3.56. The lowest BCUT2D eigenvalue weighted by Gasteiger charge is -2.14. The third-order valence-electron chi connectivity index (χ3n) is 3.56. The first-order valence-electron chi connectivity index (χ1n) is 6.65. The molecular formula is C18H16FN. The molecule has 3 aromatic rings. The van der Waals surface area contributed by atoms with Crippen LogP contribution in [0, 0.1) is 12.7 Å². The van der Waals surface area contributed by atoms with Gasteiger partial charge in [-0.1, -0.05) is 42.5 Å². The Bertz CT molecular complexity index is 744. The van der Waals surface area contributed by atoms with Crippen LogP contribution in [0.5, 0.6) is 0 Å². The van der Waals surface area contributed by atoms with E-state index in [-0.39, 0.29) is 11.9 Å². The Balaban J connectivity index is 2.05. The van der Waals surface area contributed by atoms with Crippen LogP contribution in [0.4, 0.5) is 4.39 Å². The van der Waals surface area contributed by atoms with Crippen LogP contribution >= 0.6 is 0 Å². The van der Waals surface area contributed by atoms with Crippen LogP contribution in [0.3, 0.4) is 0 Å². The number of hydrogen-bond donors (Lipinski definition) is 1. The fraction of sp³-hybridized carbons (Fsp3) is 0.111. The van der Waals surface area contributed by atoms with Crippen molar-refractivity contribution in [3.05, 3.63) is 83.2 Å². The molecule has 2 N–H and O–H groups in total. The van der Waals surface area contributed by atoms with Crippen molar-refractivity contribution in [2.45, 2.75) is 13.0 Å². The lowest BCUT2D eigenvalue weighted by Crippen LogP contribution is -2.12. The van der Waals surface area contributed by atoms with Gasteiger partial charge in [0.2, 0.25) is 0 Å². The molecule has 2 heteroatoms. The van der Waals surface area contributed by atoms with E-state index in [1.165, 1.54) is 17.5 Å². The Morgan fingerprint density at radius 2 is 1.60 bits per heavy atom. The van der Waals surface area contributed by atoms with Gasteiger partial charge in [-0.25, -0.2) is 4.39 Å². The predicted octanol–water partition coefficient (Wildman–Crippen LogP) is 4.34. The van der Waals surface area contributed by atoms with Gasteiger partial charge < -0.3 is 5.73 Å². The van der Waals surface area contributed by atoms with Gasteiger partial charge in [-0.3, -0.25) is 0 Å². The normalized spacial score (nSPS) is 12.6. The minimum atomic E-state index is -0.311. The molecule has 1 unspecified atom stereocenters. The van der Waals surface area contributed by atoms with Gasteiger partial charge in [0.15, 0.2) is 0 Å². The van der Waals surface area contributed by atoms with Crippen LogP contribution in [-0.2, 0) is 0 Å². The smallest absolute Gasteiger partial charge is 0.123 e. The molecule has 0 aromatic heterocycles. The number of halogens is 1. The quantitative estimate of drug-likeness (QED) is 0.733. The Labute approximate surface area is 117 Å². The highest BCUT2D eigenvalue weighted by molar-refractivity contribution is 5.83. The molecule has 20 heavy (non-hydrogen) atoms. The van der Waals surface area contributed by atoms with Crippen LogP contribution < -0.4 is 5.73 Å². The summed E-state index contributed by atoms with van der Waals surface area (Å²) in [6.45, 7) is 1.87. The Kier molecular flexibility index (Phi) is 3.25.